The van der Waals surface area contributed by atoms with Crippen LogP contribution in [0, 0.1) is 0 Å². The number of furan rings is 1. The number of carboxylic acids is 1. The fourth-order valence-electron chi connectivity index (χ4n) is 2.14. The monoisotopic (exact) mass is 271 g/mol. The molecule has 20 heavy (non-hydrogen) atoms. The summed E-state index contributed by atoms with van der Waals surface area (Å²) in [4.78, 5) is 11.4. The topological polar surface area (TPSA) is 80.3 Å². The van der Waals surface area contributed by atoms with Crippen LogP contribution in [0.3, 0.4) is 0 Å². The van der Waals surface area contributed by atoms with Crippen LogP contribution in [0.4, 0.5) is 5.82 Å². The van der Waals surface area contributed by atoms with Gasteiger partial charge in [-0.3, -0.25) is 4.68 Å². The van der Waals surface area contributed by atoms with E-state index in [1.165, 1.54) is 0 Å². The fourth-order valence-corrected chi connectivity index (χ4v) is 2.14. The predicted molar refractivity (Wildman–Crippen MR) is 73.7 cm³/mol. The first kappa shape index (κ1) is 12.3. The molecule has 0 fully saturated rings. The number of aromatic nitrogens is 2. The maximum absolute atomic E-state index is 11.4. The largest absolute Gasteiger partial charge is 0.478 e. The molecule has 0 aliphatic heterocycles. The van der Waals surface area contributed by atoms with Crippen molar-refractivity contribution >= 4 is 22.8 Å². The third-order valence-electron chi connectivity index (χ3n) is 3.03. The lowest BCUT2D eigenvalue weighted by Gasteiger charge is -2.01. The molecular formula is C14H13N3O3. The molecule has 0 unspecified atom stereocenters. The Kier molecular flexibility index (Phi) is 2.90. The van der Waals surface area contributed by atoms with E-state index in [2.05, 4.69) is 10.4 Å². The fraction of sp³-hybridized carbons (Fsp3) is 0.143. The van der Waals surface area contributed by atoms with Crippen LogP contribution in [0.2, 0.25) is 0 Å². The van der Waals surface area contributed by atoms with Crippen LogP contribution in [0.1, 0.15) is 16.1 Å². The van der Waals surface area contributed by atoms with E-state index in [9.17, 15) is 9.90 Å². The molecule has 3 aromatic rings. The van der Waals surface area contributed by atoms with Gasteiger partial charge in [-0.05, 0) is 6.07 Å². The number of hydrogen-bond donors (Lipinski definition) is 2. The molecule has 6 heteroatoms. The lowest BCUT2D eigenvalue weighted by molar-refractivity contribution is 0.0696. The van der Waals surface area contributed by atoms with Gasteiger partial charge in [-0.25, -0.2) is 4.79 Å². The van der Waals surface area contributed by atoms with Gasteiger partial charge in [-0.2, -0.15) is 5.10 Å². The van der Waals surface area contributed by atoms with Crippen molar-refractivity contribution in [2.75, 3.05) is 5.32 Å². The minimum absolute atomic E-state index is 0.198. The van der Waals surface area contributed by atoms with E-state index >= 15 is 0 Å². The van der Waals surface area contributed by atoms with E-state index in [1.54, 1.807) is 29.1 Å². The molecule has 0 aliphatic rings. The lowest BCUT2D eigenvalue weighted by atomic mass is 10.1. The molecule has 0 saturated carbocycles. The zero-order valence-electron chi connectivity index (χ0n) is 10.8. The maximum Gasteiger partial charge on any atom is 0.339 e. The summed E-state index contributed by atoms with van der Waals surface area (Å²) >= 11 is 0. The number of aryl methyl sites for hydroxylation is 1. The van der Waals surface area contributed by atoms with Gasteiger partial charge >= 0.3 is 5.97 Å². The SMILES string of the molecule is Cn1ccc(NCc2oc3ccccc3c2C(=O)O)n1. The number of aromatic carboxylic acids is 1. The lowest BCUT2D eigenvalue weighted by Crippen LogP contribution is -2.05. The van der Waals surface area contributed by atoms with Crippen LogP contribution in [-0.2, 0) is 13.6 Å². The van der Waals surface area contributed by atoms with Gasteiger partial charge in [0, 0.05) is 24.7 Å². The van der Waals surface area contributed by atoms with Crippen LogP contribution >= 0.6 is 0 Å². The number of rotatable bonds is 4. The van der Waals surface area contributed by atoms with Gasteiger partial charge < -0.3 is 14.8 Å². The Bertz CT molecular complexity index is 773. The molecule has 0 atom stereocenters. The molecule has 0 saturated heterocycles. The molecule has 0 radical (unpaired) electrons. The molecule has 102 valence electrons. The highest BCUT2D eigenvalue weighted by Crippen LogP contribution is 2.26. The summed E-state index contributed by atoms with van der Waals surface area (Å²) in [5, 5.41) is 17.2. The van der Waals surface area contributed by atoms with Crippen molar-refractivity contribution in [3.8, 4) is 0 Å². The third-order valence-corrected chi connectivity index (χ3v) is 3.03. The number of benzene rings is 1. The minimum Gasteiger partial charge on any atom is -0.478 e. The molecule has 0 bridgehead atoms. The molecule has 0 amide bonds. The molecular weight excluding hydrogens is 258 g/mol. The smallest absolute Gasteiger partial charge is 0.339 e. The highest BCUT2D eigenvalue weighted by Gasteiger charge is 2.19. The van der Waals surface area contributed by atoms with Crippen molar-refractivity contribution in [2.24, 2.45) is 7.05 Å². The first-order chi connectivity index (χ1) is 9.65. The van der Waals surface area contributed by atoms with Gasteiger partial charge in [-0.1, -0.05) is 18.2 Å². The molecule has 1 aromatic carbocycles. The highest BCUT2D eigenvalue weighted by atomic mass is 16.4. The molecule has 0 spiro atoms. The van der Waals surface area contributed by atoms with Gasteiger partial charge in [0.15, 0.2) is 0 Å². The Labute approximate surface area is 114 Å². The number of anilines is 1. The zero-order chi connectivity index (χ0) is 14.1. The van der Waals surface area contributed by atoms with E-state index in [-0.39, 0.29) is 12.1 Å². The number of carboxylic acid groups (broad SMARTS) is 1. The number of hydrogen-bond acceptors (Lipinski definition) is 4. The summed E-state index contributed by atoms with van der Waals surface area (Å²) in [7, 11) is 1.81. The van der Waals surface area contributed by atoms with Crippen LogP contribution in [0.15, 0.2) is 40.9 Å². The van der Waals surface area contributed by atoms with Gasteiger partial charge in [0.25, 0.3) is 0 Å². The summed E-state index contributed by atoms with van der Waals surface area (Å²) < 4.78 is 7.28. The second-order valence-corrected chi connectivity index (χ2v) is 4.43. The van der Waals surface area contributed by atoms with Crippen molar-refractivity contribution in [1.82, 2.24) is 9.78 Å². The van der Waals surface area contributed by atoms with Crippen LogP contribution < -0.4 is 5.32 Å². The second-order valence-electron chi connectivity index (χ2n) is 4.43. The Hall–Kier alpha value is -2.76. The number of nitrogens with zero attached hydrogens (tertiary/aromatic N) is 2. The van der Waals surface area contributed by atoms with Crippen LogP contribution in [0.25, 0.3) is 11.0 Å². The van der Waals surface area contributed by atoms with Crippen molar-refractivity contribution in [3.63, 3.8) is 0 Å². The highest BCUT2D eigenvalue weighted by molar-refractivity contribution is 6.03. The maximum atomic E-state index is 11.4. The van der Waals surface area contributed by atoms with E-state index in [0.29, 0.717) is 22.5 Å². The predicted octanol–water partition coefficient (Wildman–Crippen LogP) is 2.48. The average Bonchev–Trinajstić information content (AvgIpc) is 2.99. The molecule has 2 heterocycles. The van der Waals surface area contributed by atoms with Gasteiger partial charge in [0.2, 0.25) is 0 Å². The third kappa shape index (κ3) is 2.11. The van der Waals surface area contributed by atoms with E-state index < -0.39 is 5.97 Å². The van der Waals surface area contributed by atoms with Gasteiger partial charge in [0.1, 0.15) is 22.7 Å². The molecule has 2 aromatic heterocycles. The minimum atomic E-state index is -0.993. The number of nitrogens with one attached hydrogen (secondary N) is 1. The number of fused-ring (bicyclic) bond motifs is 1. The van der Waals surface area contributed by atoms with Crippen LogP contribution in [-0.4, -0.2) is 20.9 Å². The van der Waals surface area contributed by atoms with Gasteiger partial charge in [-0.15, -0.1) is 0 Å². The first-order valence-corrected chi connectivity index (χ1v) is 6.12. The zero-order valence-corrected chi connectivity index (χ0v) is 10.8. The van der Waals surface area contributed by atoms with E-state index in [0.717, 1.165) is 0 Å². The van der Waals surface area contributed by atoms with E-state index in [1.807, 2.05) is 19.2 Å². The Morgan fingerprint density at radius 1 is 1.40 bits per heavy atom. The standard InChI is InChI=1S/C14H13N3O3/c1-17-7-6-12(16-17)15-8-11-13(14(18)19)9-4-2-3-5-10(9)20-11/h2-7H,8H2,1H3,(H,15,16)(H,18,19). The molecule has 3 rings (SSSR count). The summed E-state index contributed by atoms with van der Waals surface area (Å²) in [6.07, 6.45) is 1.80. The molecule has 6 nitrogen and oxygen atoms in total. The summed E-state index contributed by atoms with van der Waals surface area (Å²) in [5.74, 6) is 0.0708. The average molecular weight is 271 g/mol. The quantitative estimate of drug-likeness (QED) is 0.762. The van der Waals surface area contributed by atoms with Crippen molar-refractivity contribution in [3.05, 3.63) is 47.9 Å². The summed E-state index contributed by atoms with van der Waals surface area (Å²) in [6, 6.07) is 8.91. The second kappa shape index (κ2) is 4.73. The van der Waals surface area contributed by atoms with Crippen molar-refractivity contribution < 1.29 is 14.3 Å². The van der Waals surface area contributed by atoms with Crippen molar-refractivity contribution in [1.29, 1.82) is 0 Å². The Morgan fingerprint density at radius 3 is 2.90 bits per heavy atom. The first-order valence-electron chi connectivity index (χ1n) is 6.12. The van der Waals surface area contributed by atoms with Crippen LogP contribution in [0.5, 0.6) is 0 Å². The molecule has 2 N–H and O–H groups in total. The summed E-state index contributed by atoms with van der Waals surface area (Å²) in [6.45, 7) is 0.271. The van der Waals surface area contributed by atoms with E-state index in [4.69, 9.17) is 4.42 Å². The summed E-state index contributed by atoms with van der Waals surface area (Å²) in [5.41, 5.74) is 0.770. The van der Waals surface area contributed by atoms with Crippen molar-refractivity contribution in [2.45, 2.75) is 6.54 Å². The normalized spacial score (nSPS) is 10.8. The Balaban J connectivity index is 1.94. The number of carbonyl (C=O) groups is 1. The number of para-hydroxylation sites is 1. The Morgan fingerprint density at radius 2 is 2.20 bits per heavy atom. The molecule has 0 aliphatic carbocycles. The van der Waals surface area contributed by atoms with Gasteiger partial charge in [0.05, 0.1) is 6.54 Å².